The maximum atomic E-state index is 11.2. The summed E-state index contributed by atoms with van der Waals surface area (Å²) >= 11 is 1.45. The minimum atomic E-state index is 0.337. The average molecular weight is 314 g/mol. The van der Waals surface area contributed by atoms with Crippen molar-refractivity contribution in [1.82, 2.24) is 20.0 Å². The molecule has 7 heteroatoms. The summed E-state index contributed by atoms with van der Waals surface area (Å²) in [6.07, 6.45) is 2.97. The second-order valence-electron chi connectivity index (χ2n) is 4.52. The molecule has 0 bridgehead atoms. The first-order chi connectivity index (χ1) is 10.8. The molecule has 0 amide bonds. The van der Waals surface area contributed by atoms with E-state index in [2.05, 4.69) is 15.3 Å². The monoisotopic (exact) mass is 314 g/mol. The highest BCUT2D eigenvalue weighted by Gasteiger charge is 2.15. The molecule has 22 heavy (non-hydrogen) atoms. The summed E-state index contributed by atoms with van der Waals surface area (Å²) in [6, 6.07) is 7.77. The van der Waals surface area contributed by atoms with Crippen LogP contribution in [0.5, 0.6) is 5.75 Å². The molecule has 0 saturated heterocycles. The third-order valence-electron chi connectivity index (χ3n) is 3.11. The predicted octanol–water partition coefficient (Wildman–Crippen LogP) is 2.53. The van der Waals surface area contributed by atoms with Crippen molar-refractivity contribution in [1.29, 1.82) is 0 Å². The lowest BCUT2D eigenvalue weighted by Crippen LogP contribution is -2.04. The number of hydrogen-bond acceptors (Lipinski definition) is 6. The van der Waals surface area contributed by atoms with E-state index in [4.69, 9.17) is 4.74 Å². The summed E-state index contributed by atoms with van der Waals surface area (Å²) in [6.45, 7) is 2.58. The lowest BCUT2D eigenvalue weighted by atomic mass is 10.1. The van der Waals surface area contributed by atoms with Gasteiger partial charge in [-0.1, -0.05) is 17.3 Å². The van der Waals surface area contributed by atoms with Crippen molar-refractivity contribution in [3.63, 3.8) is 0 Å². The molecule has 0 saturated carbocycles. The van der Waals surface area contributed by atoms with Crippen LogP contribution in [0.15, 0.2) is 35.8 Å². The van der Waals surface area contributed by atoms with Crippen molar-refractivity contribution in [3.8, 4) is 10.9 Å². The van der Waals surface area contributed by atoms with Gasteiger partial charge in [0.15, 0.2) is 6.29 Å². The van der Waals surface area contributed by atoms with Crippen LogP contribution in [0.1, 0.15) is 28.7 Å². The van der Waals surface area contributed by atoms with Gasteiger partial charge in [-0.25, -0.2) is 4.98 Å². The minimum Gasteiger partial charge on any atom is -0.494 e. The number of nitrogens with zero attached hydrogens (tertiary/aromatic N) is 4. The number of hydrogen-bond donors (Lipinski definition) is 0. The third kappa shape index (κ3) is 2.89. The van der Waals surface area contributed by atoms with Crippen molar-refractivity contribution in [2.75, 3.05) is 6.61 Å². The molecule has 0 aliphatic rings. The number of aldehydes is 1. The maximum Gasteiger partial charge on any atom is 0.211 e. The van der Waals surface area contributed by atoms with E-state index in [0.29, 0.717) is 23.9 Å². The van der Waals surface area contributed by atoms with Crippen molar-refractivity contribution in [2.45, 2.75) is 13.3 Å². The number of carbonyl (C=O) groups excluding carboxylic acids is 1. The fourth-order valence-corrected chi connectivity index (χ4v) is 2.72. The second kappa shape index (κ2) is 6.48. The summed E-state index contributed by atoms with van der Waals surface area (Å²) < 4.78 is 7.05. The number of carbonyl (C=O) groups is 1. The smallest absolute Gasteiger partial charge is 0.211 e. The summed E-state index contributed by atoms with van der Waals surface area (Å²) in [4.78, 5) is 15.4. The largest absolute Gasteiger partial charge is 0.494 e. The fourth-order valence-electron chi connectivity index (χ4n) is 2.11. The van der Waals surface area contributed by atoms with Gasteiger partial charge in [0.05, 0.1) is 12.3 Å². The van der Waals surface area contributed by atoms with Crippen LogP contribution in [0.4, 0.5) is 0 Å². The van der Waals surface area contributed by atoms with Crippen LogP contribution in [-0.4, -0.2) is 32.9 Å². The van der Waals surface area contributed by atoms with Crippen LogP contribution in [-0.2, 0) is 6.42 Å². The molecule has 112 valence electrons. The molecular weight excluding hydrogens is 300 g/mol. The van der Waals surface area contributed by atoms with Crippen LogP contribution in [0, 0.1) is 0 Å². The molecule has 0 fully saturated rings. The molecule has 2 heterocycles. The van der Waals surface area contributed by atoms with Gasteiger partial charge >= 0.3 is 0 Å². The van der Waals surface area contributed by atoms with Gasteiger partial charge in [0.1, 0.15) is 11.4 Å². The number of aromatic nitrogens is 4. The zero-order chi connectivity index (χ0) is 15.4. The molecule has 0 aliphatic carbocycles. The molecule has 0 unspecified atom stereocenters. The van der Waals surface area contributed by atoms with Crippen molar-refractivity contribution >= 4 is 17.6 Å². The molecule has 3 aromatic rings. The van der Waals surface area contributed by atoms with Gasteiger partial charge < -0.3 is 4.74 Å². The lowest BCUT2D eigenvalue weighted by molar-refractivity contribution is 0.111. The quantitative estimate of drug-likeness (QED) is 0.654. The molecule has 0 radical (unpaired) electrons. The van der Waals surface area contributed by atoms with Crippen molar-refractivity contribution < 1.29 is 9.53 Å². The predicted molar refractivity (Wildman–Crippen MR) is 82.8 cm³/mol. The van der Waals surface area contributed by atoms with Crippen LogP contribution in [0.3, 0.4) is 0 Å². The molecular formula is C15H14N4O2S. The Morgan fingerprint density at radius 3 is 2.77 bits per heavy atom. The van der Waals surface area contributed by atoms with Gasteiger partial charge in [0.25, 0.3) is 0 Å². The molecule has 0 spiro atoms. The van der Waals surface area contributed by atoms with E-state index >= 15 is 0 Å². The van der Waals surface area contributed by atoms with Crippen LogP contribution in [0.2, 0.25) is 0 Å². The first-order valence-corrected chi connectivity index (χ1v) is 7.71. The Morgan fingerprint density at radius 1 is 1.32 bits per heavy atom. The molecule has 0 N–H and O–H groups in total. The molecule has 2 aromatic heterocycles. The summed E-state index contributed by atoms with van der Waals surface area (Å²) in [5.41, 5.74) is 2.12. The highest BCUT2D eigenvalue weighted by molar-refractivity contribution is 7.12. The Morgan fingerprint density at radius 2 is 2.14 bits per heavy atom. The van der Waals surface area contributed by atoms with Gasteiger partial charge in [-0.2, -0.15) is 4.68 Å². The SMILES string of the molecule is CCOc1ccc(Cc2c(C=O)nnn2-c2nccs2)cc1. The summed E-state index contributed by atoms with van der Waals surface area (Å²) in [5, 5.41) is 10.5. The maximum absolute atomic E-state index is 11.2. The van der Waals surface area contributed by atoms with Gasteiger partial charge in [-0.3, -0.25) is 4.79 Å². The summed E-state index contributed by atoms with van der Waals surface area (Å²) in [7, 11) is 0. The van der Waals surface area contributed by atoms with Crippen molar-refractivity contribution in [2.24, 2.45) is 0 Å². The number of ether oxygens (including phenoxy) is 1. The highest BCUT2D eigenvalue weighted by atomic mass is 32.1. The average Bonchev–Trinajstić information content (AvgIpc) is 3.18. The Kier molecular flexibility index (Phi) is 4.24. The standard InChI is InChI=1S/C15H14N4O2S/c1-2-21-12-5-3-11(4-6-12)9-14-13(10-20)17-18-19(14)15-16-7-8-22-15/h3-8,10H,2,9H2,1H3. The number of thiazole rings is 1. The van der Waals surface area contributed by atoms with Gasteiger partial charge in [-0.15, -0.1) is 16.4 Å². The first kappa shape index (κ1) is 14.4. The molecule has 0 aliphatic heterocycles. The zero-order valence-corrected chi connectivity index (χ0v) is 12.8. The van der Waals surface area contributed by atoms with E-state index in [1.807, 2.05) is 36.6 Å². The Labute approximate surface area is 131 Å². The molecule has 0 atom stereocenters. The van der Waals surface area contributed by atoms with E-state index in [1.54, 1.807) is 10.9 Å². The van der Waals surface area contributed by atoms with Gasteiger partial charge in [0.2, 0.25) is 5.13 Å². The van der Waals surface area contributed by atoms with Gasteiger partial charge in [0, 0.05) is 18.0 Å². The Balaban J connectivity index is 1.91. The topological polar surface area (TPSA) is 69.9 Å². The second-order valence-corrected chi connectivity index (χ2v) is 5.39. The molecule has 1 aromatic carbocycles. The minimum absolute atomic E-state index is 0.337. The highest BCUT2D eigenvalue weighted by Crippen LogP contribution is 2.19. The van der Waals surface area contributed by atoms with E-state index in [1.165, 1.54) is 11.3 Å². The van der Waals surface area contributed by atoms with Crippen molar-refractivity contribution in [3.05, 3.63) is 52.8 Å². The fraction of sp³-hybridized carbons (Fsp3) is 0.200. The normalized spacial score (nSPS) is 10.6. The molecule has 6 nitrogen and oxygen atoms in total. The van der Waals surface area contributed by atoms with Crippen LogP contribution < -0.4 is 4.74 Å². The van der Waals surface area contributed by atoms with E-state index < -0.39 is 0 Å². The van der Waals surface area contributed by atoms with Crippen LogP contribution >= 0.6 is 11.3 Å². The number of rotatable bonds is 6. The molecule has 3 rings (SSSR count). The summed E-state index contributed by atoms with van der Waals surface area (Å²) in [5.74, 6) is 0.827. The van der Waals surface area contributed by atoms with Gasteiger partial charge in [-0.05, 0) is 24.6 Å². The first-order valence-electron chi connectivity index (χ1n) is 6.83. The Hall–Kier alpha value is -2.54. The van der Waals surface area contributed by atoms with E-state index in [9.17, 15) is 4.79 Å². The number of benzene rings is 1. The lowest BCUT2D eigenvalue weighted by Gasteiger charge is -2.06. The van der Waals surface area contributed by atoms with Crippen LogP contribution in [0.25, 0.3) is 5.13 Å². The third-order valence-corrected chi connectivity index (χ3v) is 3.86. The zero-order valence-electron chi connectivity index (χ0n) is 12.0. The van der Waals surface area contributed by atoms with E-state index in [-0.39, 0.29) is 0 Å². The Bertz CT molecular complexity index is 750. The van der Waals surface area contributed by atoms with E-state index in [0.717, 1.165) is 23.3 Å².